The van der Waals surface area contributed by atoms with E-state index in [2.05, 4.69) is 17.2 Å². The number of halogens is 2. The lowest BCUT2D eigenvalue weighted by atomic mass is 10.2. The summed E-state index contributed by atoms with van der Waals surface area (Å²) in [6, 6.07) is 5.10. The van der Waals surface area contributed by atoms with Crippen LogP contribution in [0.2, 0.25) is 0 Å². The summed E-state index contributed by atoms with van der Waals surface area (Å²) in [6.45, 7) is 0.454. The van der Waals surface area contributed by atoms with Crippen LogP contribution in [0.25, 0.3) is 0 Å². The van der Waals surface area contributed by atoms with E-state index in [4.69, 9.17) is 5.73 Å². The molecule has 0 saturated heterocycles. The molecular weight excluding hydrogens is 294 g/mol. The van der Waals surface area contributed by atoms with E-state index < -0.39 is 23.1 Å². The highest BCUT2D eigenvalue weighted by molar-refractivity contribution is 7.10. The topological polar surface area (TPSA) is 55.1 Å². The molecule has 1 aromatic heterocycles. The number of hydrogen-bond donors (Lipinski definition) is 2. The summed E-state index contributed by atoms with van der Waals surface area (Å²) in [5, 5.41) is 4.31. The molecular formula is C15H12F2N2OS. The van der Waals surface area contributed by atoms with Gasteiger partial charge in [0.25, 0.3) is 5.91 Å². The maximum Gasteiger partial charge on any atom is 0.257 e. The third kappa shape index (κ3) is 3.88. The Morgan fingerprint density at radius 2 is 2.05 bits per heavy atom. The van der Waals surface area contributed by atoms with Crippen LogP contribution in [-0.2, 0) is 6.54 Å². The van der Waals surface area contributed by atoms with Gasteiger partial charge in [-0.3, -0.25) is 4.79 Å². The highest BCUT2D eigenvalue weighted by atomic mass is 32.1. The summed E-state index contributed by atoms with van der Waals surface area (Å²) in [5.41, 5.74) is 5.50. The molecule has 0 aliphatic heterocycles. The fourth-order valence-electron chi connectivity index (χ4n) is 1.66. The van der Waals surface area contributed by atoms with Gasteiger partial charge in [0, 0.05) is 15.8 Å². The monoisotopic (exact) mass is 306 g/mol. The van der Waals surface area contributed by atoms with Gasteiger partial charge in [0.2, 0.25) is 0 Å². The number of carbonyl (C=O) groups excluding carboxylic acids is 1. The molecule has 0 spiro atoms. The molecule has 0 radical (unpaired) electrons. The molecule has 2 rings (SSSR count). The quantitative estimate of drug-likeness (QED) is 0.855. The zero-order valence-electron chi connectivity index (χ0n) is 11.0. The van der Waals surface area contributed by atoms with Crippen LogP contribution in [0.1, 0.15) is 20.8 Å². The van der Waals surface area contributed by atoms with Crippen LogP contribution in [0.5, 0.6) is 0 Å². The van der Waals surface area contributed by atoms with Gasteiger partial charge < -0.3 is 11.1 Å². The maximum absolute atomic E-state index is 13.4. The number of thiophene rings is 1. The van der Waals surface area contributed by atoms with Crippen molar-refractivity contribution in [1.29, 1.82) is 0 Å². The highest BCUT2D eigenvalue weighted by Gasteiger charge is 2.16. The van der Waals surface area contributed by atoms with Crippen LogP contribution in [0.4, 0.5) is 8.78 Å². The standard InChI is InChI=1S/C15H12F2N2OS/c16-12-4-1-5-13(17)14(12)15(20)19-8-11-7-10(9-21-11)3-2-6-18/h1,4-5,7,9H,6,8,18H2,(H,19,20). The summed E-state index contributed by atoms with van der Waals surface area (Å²) in [5.74, 6) is 3.04. The van der Waals surface area contributed by atoms with E-state index >= 15 is 0 Å². The number of amides is 1. The minimum Gasteiger partial charge on any atom is -0.347 e. The second-order valence-corrected chi connectivity index (χ2v) is 5.08. The van der Waals surface area contributed by atoms with Crippen LogP contribution in [0, 0.1) is 23.5 Å². The number of hydrogen-bond acceptors (Lipinski definition) is 3. The number of nitrogens with two attached hydrogens (primary N) is 1. The first-order valence-electron chi connectivity index (χ1n) is 6.10. The lowest BCUT2D eigenvalue weighted by Crippen LogP contribution is -2.24. The lowest BCUT2D eigenvalue weighted by molar-refractivity contribution is 0.0943. The third-order valence-electron chi connectivity index (χ3n) is 2.60. The summed E-state index contributed by atoms with van der Waals surface area (Å²) in [6.07, 6.45) is 0. The van der Waals surface area contributed by atoms with E-state index in [-0.39, 0.29) is 13.1 Å². The molecule has 6 heteroatoms. The first kappa shape index (κ1) is 15.2. The van der Waals surface area contributed by atoms with Gasteiger partial charge in [-0.15, -0.1) is 11.3 Å². The number of benzene rings is 1. The molecule has 0 bridgehead atoms. The van der Waals surface area contributed by atoms with E-state index in [0.717, 1.165) is 22.6 Å². The van der Waals surface area contributed by atoms with Crippen molar-refractivity contribution in [3.05, 3.63) is 57.3 Å². The molecule has 0 saturated carbocycles. The van der Waals surface area contributed by atoms with Crippen molar-refractivity contribution >= 4 is 17.2 Å². The smallest absolute Gasteiger partial charge is 0.257 e. The molecule has 0 aliphatic carbocycles. The van der Waals surface area contributed by atoms with Crippen molar-refractivity contribution in [3.63, 3.8) is 0 Å². The molecule has 3 N–H and O–H groups in total. The van der Waals surface area contributed by atoms with Gasteiger partial charge in [-0.05, 0) is 18.2 Å². The fourth-order valence-corrected chi connectivity index (χ4v) is 2.42. The highest BCUT2D eigenvalue weighted by Crippen LogP contribution is 2.15. The number of rotatable bonds is 3. The van der Waals surface area contributed by atoms with Crippen LogP contribution in [0.3, 0.4) is 0 Å². The Labute approximate surface area is 124 Å². The molecule has 0 aliphatic rings. The van der Waals surface area contributed by atoms with E-state index in [0.29, 0.717) is 0 Å². The predicted octanol–water partition coefficient (Wildman–Crippen LogP) is 2.27. The molecule has 1 heterocycles. The van der Waals surface area contributed by atoms with Crippen molar-refractivity contribution in [2.24, 2.45) is 5.73 Å². The Kier molecular flexibility index (Phi) is 5.04. The van der Waals surface area contributed by atoms with Gasteiger partial charge in [0.05, 0.1) is 13.1 Å². The Balaban J connectivity index is 2.03. The van der Waals surface area contributed by atoms with E-state index in [9.17, 15) is 13.6 Å². The summed E-state index contributed by atoms with van der Waals surface area (Å²) in [7, 11) is 0. The molecule has 3 nitrogen and oxygen atoms in total. The molecule has 21 heavy (non-hydrogen) atoms. The molecule has 1 amide bonds. The zero-order valence-corrected chi connectivity index (χ0v) is 11.8. The van der Waals surface area contributed by atoms with Crippen molar-refractivity contribution in [3.8, 4) is 11.8 Å². The Bertz CT molecular complexity index is 696. The van der Waals surface area contributed by atoms with E-state index in [1.54, 1.807) is 6.07 Å². The van der Waals surface area contributed by atoms with Crippen LogP contribution >= 0.6 is 11.3 Å². The van der Waals surface area contributed by atoms with Gasteiger partial charge in [-0.2, -0.15) is 0 Å². The summed E-state index contributed by atoms with van der Waals surface area (Å²) in [4.78, 5) is 12.6. The van der Waals surface area contributed by atoms with Crippen molar-refractivity contribution in [2.45, 2.75) is 6.54 Å². The molecule has 2 aromatic rings. The Morgan fingerprint density at radius 3 is 2.71 bits per heavy atom. The molecule has 108 valence electrons. The minimum absolute atomic E-state index is 0.182. The van der Waals surface area contributed by atoms with Crippen LogP contribution in [-0.4, -0.2) is 12.5 Å². The first-order valence-corrected chi connectivity index (χ1v) is 6.98. The normalized spacial score (nSPS) is 9.86. The van der Waals surface area contributed by atoms with Gasteiger partial charge in [0.1, 0.15) is 17.2 Å². The summed E-state index contributed by atoms with van der Waals surface area (Å²) < 4.78 is 26.9. The first-order chi connectivity index (χ1) is 10.1. The number of carbonyl (C=O) groups is 1. The average molecular weight is 306 g/mol. The molecule has 0 unspecified atom stereocenters. The minimum atomic E-state index is -0.881. The largest absolute Gasteiger partial charge is 0.347 e. The average Bonchev–Trinajstić information content (AvgIpc) is 2.90. The Hall–Kier alpha value is -2.23. The molecule has 1 aromatic carbocycles. The van der Waals surface area contributed by atoms with Gasteiger partial charge >= 0.3 is 0 Å². The number of nitrogens with one attached hydrogen (secondary N) is 1. The molecule has 0 fully saturated rings. The van der Waals surface area contributed by atoms with Crippen molar-refractivity contribution in [2.75, 3.05) is 6.54 Å². The van der Waals surface area contributed by atoms with Crippen LogP contribution in [0.15, 0.2) is 29.6 Å². The van der Waals surface area contributed by atoms with Crippen molar-refractivity contribution < 1.29 is 13.6 Å². The lowest BCUT2D eigenvalue weighted by Gasteiger charge is -2.05. The fraction of sp³-hybridized carbons (Fsp3) is 0.133. The van der Waals surface area contributed by atoms with E-state index in [1.165, 1.54) is 17.4 Å². The van der Waals surface area contributed by atoms with Gasteiger partial charge in [0.15, 0.2) is 0 Å². The van der Waals surface area contributed by atoms with Gasteiger partial charge in [-0.1, -0.05) is 17.9 Å². The van der Waals surface area contributed by atoms with Crippen molar-refractivity contribution in [1.82, 2.24) is 5.32 Å². The van der Waals surface area contributed by atoms with E-state index in [1.807, 2.05) is 5.38 Å². The third-order valence-corrected chi connectivity index (χ3v) is 3.54. The maximum atomic E-state index is 13.4. The second kappa shape index (κ2) is 6.97. The summed E-state index contributed by atoms with van der Waals surface area (Å²) >= 11 is 1.40. The zero-order chi connectivity index (χ0) is 15.2. The second-order valence-electron chi connectivity index (χ2n) is 4.09. The molecule has 0 atom stereocenters. The Morgan fingerprint density at radius 1 is 1.33 bits per heavy atom. The van der Waals surface area contributed by atoms with Crippen LogP contribution < -0.4 is 11.1 Å². The van der Waals surface area contributed by atoms with Gasteiger partial charge in [-0.25, -0.2) is 8.78 Å². The predicted molar refractivity (Wildman–Crippen MR) is 77.8 cm³/mol. The SMILES string of the molecule is NCC#Cc1csc(CNC(=O)c2c(F)cccc2F)c1.